The predicted octanol–water partition coefficient (Wildman–Crippen LogP) is 3.62. The summed E-state index contributed by atoms with van der Waals surface area (Å²) in [4.78, 5) is 12.0. The van der Waals surface area contributed by atoms with Crippen LogP contribution >= 0.6 is 15.9 Å². The fraction of sp³-hybridized carbons (Fsp3) is 0.176. The quantitative estimate of drug-likeness (QED) is 0.618. The summed E-state index contributed by atoms with van der Waals surface area (Å²) in [5.41, 5.74) is 3.84. The number of hydrazone groups is 1. The van der Waals surface area contributed by atoms with Crippen molar-refractivity contribution in [2.24, 2.45) is 5.10 Å². The molecule has 120 valence electrons. The van der Waals surface area contributed by atoms with Crippen molar-refractivity contribution in [3.8, 4) is 11.5 Å². The Balaban J connectivity index is 1.96. The monoisotopic (exact) mass is 376 g/mol. The third kappa shape index (κ3) is 4.82. The molecule has 5 nitrogen and oxygen atoms in total. The van der Waals surface area contributed by atoms with E-state index in [9.17, 15) is 4.79 Å². The smallest absolute Gasteiger partial charge is 0.271 e. The number of nitrogens with one attached hydrogen (secondary N) is 1. The molecule has 0 bridgehead atoms. The lowest BCUT2D eigenvalue weighted by atomic mass is 10.2. The number of hydrogen-bond acceptors (Lipinski definition) is 4. The Morgan fingerprint density at radius 3 is 2.61 bits per heavy atom. The maximum Gasteiger partial charge on any atom is 0.271 e. The number of amides is 1. The topological polar surface area (TPSA) is 59.9 Å². The van der Waals surface area contributed by atoms with E-state index in [1.165, 1.54) is 0 Å². The zero-order valence-corrected chi connectivity index (χ0v) is 14.5. The summed E-state index contributed by atoms with van der Waals surface area (Å²) < 4.78 is 11.2. The van der Waals surface area contributed by atoms with Gasteiger partial charge in [0.15, 0.2) is 0 Å². The Labute approximate surface area is 143 Å². The average Bonchev–Trinajstić information content (AvgIpc) is 2.56. The lowest BCUT2D eigenvalue weighted by molar-refractivity contribution is 0.0955. The Kier molecular flexibility index (Phi) is 6.17. The molecule has 0 heterocycles. The number of carbonyl (C=O) groups is 1. The summed E-state index contributed by atoms with van der Waals surface area (Å²) in [6.45, 7) is 2.56. The standard InChI is InChI=1S/C17H17BrN2O3/c1-3-23-14-7-4-12(5-8-14)11-19-20-17(21)13-6-9-16(22-2)15(18)10-13/h4-11H,3H2,1-2H3,(H,20,21). The van der Waals surface area contributed by atoms with Crippen LogP contribution in [-0.2, 0) is 0 Å². The average molecular weight is 377 g/mol. The van der Waals surface area contributed by atoms with E-state index >= 15 is 0 Å². The molecule has 0 aliphatic heterocycles. The molecule has 0 atom stereocenters. The van der Waals surface area contributed by atoms with Crippen LogP contribution in [0.3, 0.4) is 0 Å². The van der Waals surface area contributed by atoms with Gasteiger partial charge in [-0.2, -0.15) is 5.10 Å². The zero-order valence-electron chi connectivity index (χ0n) is 12.9. The highest BCUT2D eigenvalue weighted by Gasteiger charge is 2.07. The lowest BCUT2D eigenvalue weighted by Gasteiger charge is -2.05. The van der Waals surface area contributed by atoms with Gasteiger partial charge in [0.25, 0.3) is 5.91 Å². The van der Waals surface area contributed by atoms with Gasteiger partial charge in [-0.25, -0.2) is 5.43 Å². The molecule has 0 saturated heterocycles. The highest BCUT2D eigenvalue weighted by molar-refractivity contribution is 9.10. The summed E-state index contributed by atoms with van der Waals surface area (Å²) in [6.07, 6.45) is 1.58. The predicted molar refractivity (Wildman–Crippen MR) is 93.4 cm³/mol. The minimum absolute atomic E-state index is 0.296. The van der Waals surface area contributed by atoms with Crippen molar-refractivity contribution in [1.29, 1.82) is 0 Å². The number of rotatable bonds is 6. The van der Waals surface area contributed by atoms with Crippen molar-refractivity contribution in [3.05, 3.63) is 58.1 Å². The Hall–Kier alpha value is -2.34. The summed E-state index contributed by atoms with van der Waals surface area (Å²) in [6, 6.07) is 12.5. The van der Waals surface area contributed by atoms with Crippen molar-refractivity contribution in [2.75, 3.05) is 13.7 Å². The number of methoxy groups -OCH3 is 1. The third-order valence-corrected chi connectivity index (χ3v) is 3.60. The molecule has 0 aromatic heterocycles. The van der Waals surface area contributed by atoms with E-state index in [1.807, 2.05) is 31.2 Å². The van der Waals surface area contributed by atoms with E-state index in [-0.39, 0.29) is 5.91 Å². The summed E-state index contributed by atoms with van der Waals surface area (Å²) in [5.74, 6) is 1.17. The SMILES string of the molecule is CCOc1ccc(C=NNC(=O)c2ccc(OC)c(Br)c2)cc1. The Morgan fingerprint density at radius 2 is 2.00 bits per heavy atom. The van der Waals surface area contributed by atoms with Gasteiger partial charge >= 0.3 is 0 Å². The molecule has 6 heteroatoms. The van der Waals surface area contributed by atoms with Gasteiger partial charge in [0, 0.05) is 5.56 Å². The highest BCUT2D eigenvalue weighted by atomic mass is 79.9. The maximum atomic E-state index is 12.0. The molecule has 0 saturated carbocycles. The molecule has 0 aliphatic rings. The molecule has 23 heavy (non-hydrogen) atoms. The lowest BCUT2D eigenvalue weighted by Crippen LogP contribution is -2.17. The number of halogens is 1. The van der Waals surface area contributed by atoms with Crippen LogP contribution in [0.2, 0.25) is 0 Å². The van der Waals surface area contributed by atoms with Crippen LogP contribution in [-0.4, -0.2) is 25.8 Å². The summed E-state index contributed by atoms with van der Waals surface area (Å²) in [5, 5.41) is 3.95. The van der Waals surface area contributed by atoms with Crippen molar-refractivity contribution < 1.29 is 14.3 Å². The van der Waals surface area contributed by atoms with E-state index < -0.39 is 0 Å². The van der Waals surface area contributed by atoms with Crippen LogP contribution in [0, 0.1) is 0 Å². The van der Waals surface area contributed by atoms with E-state index in [1.54, 1.807) is 31.5 Å². The van der Waals surface area contributed by atoms with Gasteiger partial charge in [0.1, 0.15) is 11.5 Å². The van der Waals surface area contributed by atoms with Gasteiger partial charge in [-0.05, 0) is 70.9 Å². The van der Waals surface area contributed by atoms with Gasteiger partial charge in [0.05, 0.1) is 24.4 Å². The maximum absolute atomic E-state index is 12.0. The molecule has 1 amide bonds. The molecular weight excluding hydrogens is 360 g/mol. The van der Waals surface area contributed by atoms with Crippen LogP contribution in [0.5, 0.6) is 11.5 Å². The number of nitrogens with zero attached hydrogens (tertiary/aromatic N) is 1. The fourth-order valence-electron chi connectivity index (χ4n) is 1.85. The Morgan fingerprint density at radius 1 is 1.26 bits per heavy atom. The van der Waals surface area contributed by atoms with Gasteiger partial charge in [0.2, 0.25) is 0 Å². The first-order valence-electron chi connectivity index (χ1n) is 7.04. The van der Waals surface area contributed by atoms with Crippen molar-refractivity contribution in [2.45, 2.75) is 6.92 Å². The van der Waals surface area contributed by atoms with Crippen molar-refractivity contribution in [3.63, 3.8) is 0 Å². The number of ether oxygens (including phenoxy) is 2. The van der Waals surface area contributed by atoms with Crippen molar-refractivity contribution in [1.82, 2.24) is 5.43 Å². The molecular formula is C17H17BrN2O3. The summed E-state index contributed by atoms with van der Waals surface area (Å²) in [7, 11) is 1.57. The van der Waals surface area contributed by atoms with E-state index in [2.05, 4.69) is 26.5 Å². The Bertz CT molecular complexity index is 699. The van der Waals surface area contributed by atoms with Gasteiger partial charge in [-0.15, -0.1) is 0 Å². The first kappa shape index (κ1) is 17.0. The molecule has 0 unspecified atom stereocenters. The highest BCUT2D eigenvalue weighted by Crippen LogP contribution is 2.25. The number of hydrogen-bond donors (Lipinski definition) is 1. The molecule has 2 aromatic carbocycles. The van der Waals surface area contributed by atoms with E-state index in [4.69, 9.17) is 9.47 Å². The van der Waals surface area contributed by atoms with Crippen molar-refractivity contribution >= 4 is 28.1 Å². The van der Waals surface area contributed by atoms with Gasteiger partial charge in [-0.3, -0.25) is 4.79 Å². The summed E-state index contributed by atoms with van der Waals surface area (Å²) >= 11 is 3.34. The molecule has 0 radical (unpaired) electrons. The largest absolute Gasteiger partial charge is 0.496 e. The van der Waals surface area contributed by atoms with E-state index in [0.29, 0.717) is 22.4 Å². The second-order valence-corrected chi connectivity index (χ2v) is 5.40. The fourth-order valence-corrected chi connectivity index (χ4v) is 2.40. The van der Waals surface area contributed by atoms with Gasteiger partial charge < -0.3 is 9.47 Å². The minimum atomic E-state index is -0.296. The molecule has 0 fully saturated rings. The number of carbonyl (C=O) groups excluding carboxylic acids is 1. The van der Waals surface area contributed by atoms with Crippen LogP contribution in [0.1, 0.15) is 22.8 Å². The van der Waals surface area contributed by atoms with Crippen LogP contribution in [0.4, 0.5) is 0 Å². The minimum Gasteiger partial charge on any atom is -0.496 e. The van der Waals surface area contributed by atoms with Gasteiger partial charge in [-0.1, -0.05) is 0 Å². The molecule has 2 aromatic rings. The van der Waals surface area contributed by atoms with Crippen LogP contribution in [0.25, 0.3) is 0 Å². The first-order valence-corrected chi connectivity index (χ1v) is 7.83. The normalized spacial score (nSPS) is 10.6. The second kappa shape index (κ2) is 8.33. The molecule has 2 rings (SSSR count). The molecule has 0 aliphatic carbocycles. The number of benzene rings is 2. The van der Waals surface area contributed by atoms with Crippen LogP contribution < -0.4 is 14.9 Å². The van der Waals surface area contributed by atoms with E-state index in [0.717, 1.165) is 11.3 Å². The first-order chi connectivity index (χ1) is 11.1. The second-order valence-electron chi connectivity index (χ2n) is 4.55. The van der Waals surface area contributed by atoms with Crippen LogP contribution in [0.15, 0.2) is 52.0 Å². The molecule has 0 spiro atoms. The molecule has 1 N–H and O–H groups in total. The zero-order chi connectivity index (χ0) is 16.7. The third-order valence-electron chi connectivity index (χ3n) is 2.98.